The molecule has 0 radical (unpaired) electrons. The number of aromatic nitrogens is 2. The van der Waals surface area contributed by atoms with Crippen molar-refractivity contribution in [3.8, 4) is 5.75 Å². The van der Waals surface area contributed by atoms with Crippen molar-refractivity contribution in [1.29, 1.82) is 0 Å². The van der Waals surface area contributed by atoms with Crippen molar-refractivity contribution >= 4 is 39.3 Å². The minimum absolute atomic E-state index is 0.324. The van der Waals surface area contributed by atoms with Gasteiger partial charge < -0.3 is 5.11 Å². The SMILES string of the molecule is Cc1cc(O)c2c(cnn2PI)c1C. The Bertz CT molecular complexity index is 495. The molecular formula is C9H10IN2OP. The van der Waals surface area contributed by atoms with Crippen LogP contribution in [0.15, 0.2) is 12.3 Å². The van der Waals surface area contributed by atoms with Crippen LogP contribution in [0, 0.1) is 13.8 Å². The maximum absolute atomic E-state index is 9.82. The molecule has 2 rings (SSSR count). The molecule has 0 amide bonds. The van der Waals surface area contributed by atoms with Crippen LogP contribution < -0.4 is 0 Å². The molecule has 0 aliphatic rings. The van der Waals surface area contributed by atoms with Gasteiger partial charge in [-0.25, -0.2) is 4.45 Å². The van der Waals surface area contributed by atoms with Crippen LogP contribution in [-0.4, -0.2) is 14.7 Å². The van der Waals surface area contributed by atoms with E-state index < -0.39 is 0 Å². The van der Waals surface area contributed by atoms with Crippen LogP contribution in [-0.2, 0) is 0 Å². The third-order valence-electron chi connectivity index (χ3n) is 2.44. The highest BCUT2D eigenvalue weighted by Crippen LogP contribution is 2.35. The van der Waals surface area contributed by atoms with Crippen LogP contribution in [0.25, 0.3) is 10.9 Å². The smallest absolute Gasteiger partial charge is 0.142 e. The molecule has 0 saturated heterocycles. The zero-order valence-electron chi connectivity index (χ0n) is 7.87. The van der Waals surface area contributed by atoms with Gasteiger partial charge in [0, 0.05) is 5.39 Å². The van der Waals surface area contributed by atoms with Gasteiger partial charge in [0.05, 0.1) is 12.6 Å². The van der Waals surface area contributed by atoms with Crippen LogP contribution >= 0.6 is 28.4 Å². The number of rotatable bonds is 1. The lowest BCUT2D eigenvalue weighted by Gasteiger charge is -2.05. The quantitative estimate of drug-likeness (QED) is 0.647. The van der Waals surface area contributed by atoms with Gasteiger partial charge in [0.2, 0.25) is 0 Å². The van der Waals surface area contributed by atoms with Crippen molar-refractivity contribution in [3.05, 3.63) is 23.4 Å². The monoisotopic (exact) mass is 320 g/mol. The Hall–Kier alpha value is -0.350. The number of phenolic OH excluding ortho intramolecular Hbond substituents is 1. The van der Waals surface area contributed by atoms with Crippen molar-refractivity contribution in [3.63, 3.8) is 0 Å². The molecule has 0 bridgehead atoms. The summed E-state index contributed by atoms with van der Waals surface area (Å²) in [5.74, 6) is 0.324. The number of benzene rings is 1. The molecule has 1 unspecified atom stereocenters. The second kappa shape index (κ2) is 3.66. The predicted octanol–water partition coefficient (Wildman–Crippen LogP) is 3.15. The fourth-order valence-electron chi connectivity index (χ4n) is 1.53. The molecule has 2 aromatic rings. The molecule has 1 aromatic carbocycles. The Labute approximate surface area is 96.8 Å². The van der Waals surface area contributed by atoms with Crippen molar-refractivity contribution in [2.75, 3.05) is 0 Å². The molecule has 0 fully saturated rings. The minimum Gasteiger partial charge on any atom is -0.506 e. The van der Waals surface area contributed by atoms with Crippen molar-refractivity contribution < 1.29 is 5.11 Å². The Balaban J connectivity index is 2.90. The third-order valence-corrected chi connectivity index (χ3v) is 4.31. The molecule has 1 atom stereocenters. The van der Waals surface area contributed by atoms with E-state index in [9.17, 15) is 5.11 Å². The summed E-state index contributed by atoms with van der Waals surface area (Å²) in [5, 5.41) is 15.1. The minimum atomic E-state index is 0.324. The second-order valence-corrected chi connectivity index (χ2v) is 5.28. The van der Waals surface area contributed by atoms with E-state index in [1.54, 1.807) is 6.07 Å². The molecule has 1 N–H and O–H groups in total. The van der Waals surface area contributed by atoms with Gasteiger partial charge in [0.1, 0.15) is 11.3 Å². The maximum atomic E-state index is 9.82. The molecule has 5 heteroatoms. The maximum Gasteiger partial charge on any atom is 0.142 e. The van der Waals surface area contributed by atoms with E-state index in [0.717, 1.165) is 16.5 Å². The number of phenols is 1. The highest BCUT2D eigenvalue weighted by molar-refractivity contribution is 14.2. The van der Waals surface area contributed by atoms with Crippen LogP contribution in [0.3, 0.4) is 0 Å². The first kappa shape index (κ1) is 10.2. The second-order valence-electron chi connectivity index (χ2n) is 3.24. The first-order chi connectivity index (χ1) is 6.65. The topological polar surface area (TPSA) is 38.1 Å². The van der Waals surface area contributed by atoms with Crippen LogP contribution in [0.5, 0.6) is 5.75 Å². The van der Waals surface area contributed by atoms with Crippen molar-refractivity contribution in [2.24, 2.45) is 0 Å². The number of nitrogens with zero attached hydrogens (tertiary/aromatic N) is 2. The van der Waals surface area contributed by atoms with E-state index in [1.807, 2.05) is 17.6 Å². The summed E-state index contributed by atoms with van der Waals surface area (Å²) in [6.45, 7) is 4.05. The molecule has 14 heavy (non-hydrogen) atoms. The van der Waals surface area contributed by atoms with Gasteiger partial charge in [0.15, 0.2) is 0 Å². The van der Waals surface area contributed by atoms with Gasteiger partial charge in [-0.2, -0.15) is 5.10 Å². The van der Waals surface area contributed by atoms with E-state index in [-0.39, 0.29) is 0 Å². The molecule has 3 nitrogen and oxygen atoms in total. The predicted molar refractivity (Wildman–Crippen MR) is 68.6 cm³/mol. The summed E-state index contributed by atoms with van der Waals surface area (Å²) in [7, 11) is 0. The first-order valence-electron chi connectivity index (χ1n) is 4.18. The summed E-state index contributed by atoms with van der Waals surface area (Å²) < 4.78 is 1.83. The Morgan fingerprint density at radius 2 is 2.21 bits per heavy atom. The lowest BCUT2D eigenvalue weighted by Crippen LogP contribution is -1.86. The third kappa shape index (κ3) is 1.41. The van der Waals surface area contributed by atoms with Gasteiger partial charge in [-0.15, -0.1) is 0 Å². The lowest BCUT2D eigenvalue weighted by atomic mass is 10.1. The van der Waals surface area contributed by atoms with E-state index >= 15 is 0 Å². The largest absolute Gasteiger partial charge is 0.506 e. The van der Waals surface area contributed by atoms with E-state index in [1.165, 1.54) is 5.56 Å². The van der Waals surface area contributed by atoms with Crippen molar-refractivity contribution in [2.45, 2.75) is 13.8 Å². The fourth-order valence-corrected chi connectivity index (χ4v) is 3.05. The molecule has 0 spiro atoms. The summed E-state index contributed by atoms with van der Waals surface area (Å²) >= 11 is 2.25. The number of aromatic hydroxyl groups is 1. The fraction of sp³-hybridized carbons (Fsp3) is 0.222. The van der Waals surface area contributed by atoms with E-state index in [4.69, 9.17) is 0 Å². The highest BCUT2D eigenvalue weighted by Gasteiger charge is 2.10. The number of aryl methyl sites for hydroxylation is 2. The summed E-state index contributed by atoms with van der Waals surface area (Å²) in [5.41, 5.74) is 3.14. The van der Waals surface area contributed by atoms with E-state index in [2.05, 4.69) is 34.1 Å². The summed E-state index contributed by atoms with van der Waals surface area (Å²) in [6, 6.07) is 1.80. The van der Waals surface area contributed by atoms with Gasteiger partial charge in [0.25, 0.3) is 0 Å². The number of fused-ring (bicyclic) bond motifs is 1. The van der Waals surface area contributed by atoms with Crippen LogP contribution in [0.2, 0.25) is 0 Å². The van der Waals surface area contributed by atoms with Gasteiger partial charge in [-0.05, 0) is 53.1 Å². The first-order valence-corrected chi connectivity index (χ1v) is 8.25. The Morgan fingerprint density at radius 1 is 1.50 bits per heavy atom. The standard InChI is InChI=1S/C9H10IN2OP/c1-5-3-8(13)9-7(6(5)2)4-11-12(9)14-10/h3-4,13-14H,1-2H3. The zero-order valence-corrected chi connectivity index (χ0v) is 11.0. The number of hydrogen-bond donors (Lipinski definition) is 1. The van der Waals surface area contributed by atoms with E-state index in [0.29, 0.717) is 12.1 Å². The normalized spacial score (nSPS) is 11.9. The summed E-state index contributed by atoms with van der Waals surface area (Å²) in [4.78, 5) is 0. The summed E-state index contributed by atoms with van der Waals surface area (Å²) in [6.07, 6.45) is 2.34. The molecular weight excluding hydrogens is 310 g/mol. The average Bonchev–Trinajstić information content (AvgIpc) is 2.58. The molecule has 1 heterocycles. The molecule has 0 saturated carbocycles. The lowest BCUT2D eigenvalue weighted by molar-refractivity contribution is 0.479. The van der Waals surface area contributed by atoms with Gasteiger partial charge in [-0.3, -0.25) is 0 Å². The van der Waals surface area contributed by atoms with Gasteiger partial charge >= 0.3 is 0 Å². The van der Waals surface area contributed by atoms with Crippen molar-refractivity contribution in [1.82, 2.24) is 9.55 Å². The van der Waals surface area contributed by atoms with Crippen LogP contribution in [0.4, 0.5) is 0 Å². The average molecular weight is 320 g/mol. The Morgan fingerprint density at radius 3 is 2.86 bits per heavy atom. The number of halogens is 1. The molecule has 0 aliphatic carbocycles. The zero-order chi connectivity index (χ0) is 10.3. The van der Waals surface area contributed by atoms with Gasteiger partial charge in [-0.1, -0.05) is 0 Å². The Kier molecular flexibility index (Phi) is 2.66. The van der Waals surface area contributed by atoms with Crippen LogP contribution in [0.1, 0.15) is 11.1 Å². The molecule has 1 aromatic heterocycles. The highest BCUT2D eigenvalue weighted by atomic mass is 127. The molecule has 74 valence electrons. The number of hydrogen-bond acceptors (Lipinski definition) is 2. The molecule has 0 aliphatic heterocycles.